The summed E-state index contributed by atoms with van der Waals surface area (Å²) in [4.78, 5) is 23.3. The van der Waals surface area contributed by atoms with E-state index in [9.17, 15) is 22.8 Å². The first kappa shape index (κ1) is 19.3. The average Bonchev–Trinajstić information content (AvgIpc) is 2.38. The van der Waals surface area contributed by atoms with Crippen LogP contribution in [0.4, 0.5) is 18.9 Å². The molecule has 0 atom stereocenters. The molecule has 0 aliphatic rings. The number of alkyl halides is 3. The summed E-state index contributed by atoms with van der Waals surface area (Å²) >= 11 is 5.50. The number of anilines is 1. The fourth-order valence-electron chi connectivity index (χ4n) is 1.60. The lowest BCUT2D eigenvalue weighted by Gasteiger charge is -2.17. The number of hydrogen-bond acceptors (Lipinski definition) is 2. The average molecular weight is 351 g/mol. The first-order valence-corrected chi connectivity index (χ1v) is 7.24. The largest absolute Gasteiger partial charge is 0.417 e. The van der Waals surface area contributed by atoms with Gasteiger partial charge in [0.05, 0.1) is 10.6 Å². The molecular weight excluding hydrogens is 333 g/mol. The molecule has 4 nitrogen and oxygen atoms in total. The molecule has 0 bridgehead atoms. The molecule has 1 aromatic carbocycles. The molecular formula is C15H18ClF3N2O2. The van der Waals surface area contributed by atoms with Gasteiger partial charge in [0, 0.05) is 24.1 Å². The van der Waals surface area contributed by atoms with Gasteiger partial charge in [-0.2, -0.15) is 13.2 Å². The number of nitrogens with one attached hydrogen (secondary N) is 2. The zero-order valence-corrected chi connectivity index (χ0v) is 13.7. The van der Waals surface area contributed by atoms with Gasteiger partial charge in [-0.05, 0) is 18.2 Å². The van der Waals surface area contributed by atoms with Crippen molar-refractivity contribution in [3.63, 3.8) is 0 Å². The Kier molecular flexibility index (Phi) is 6.04. The molecule has 0 aliphatic heterocycles. The molecule has 0 aromatic heterocycles. The van der Waals surface area contributed by atoms with Crippen molar-refractivity contribution in [1.29, 1.82) is 0 Å². The third kappa shape index (κ3) is 6.09. The number of halogens is 4. The van der Waals surface area contributed by atoms with Gasteiger partial charge >= 0.3 is 6.18 Å². The lowest BCUT2D eigenvalue weighted by molar-refractivity contribution is -0.137. The van der Waals surface area contributed by atoms with E-state index in [0.29, 0.717) is 0 Å². The Bertz CT molecular complexity index is 595. The molecule has 128 valence electrons. The standard InChI is InChI=1S/C15H18ClF3N2O2/c1-14(2,3)13(23)20-7-6-12(22)21-9-4-5-11(16)10(8-9)15(17,18)19/h4-5,8H,6-7H2,1-3H3,(H,20,23)(H,21,22). The molecule has 1 aromatic rings. The molecule has 8 heteroatoms. The fraction of sp³-hybridized carbons (Fsp3) is 0.467. The second-order valence-electron chi connectivity index (χ2n) is 6.00. The Morgan fingerprint density at radius 2 is 1.78 bits per heavy atom. The predicted octanol–water partition coefficient (Wildman–Crippen LogP) is 3.85. The van der Waals surface area contributed by atoms with Crippen LogP contribution in [0.5, 0.6) is 0 Å². The van der Waals surface area contributed by atoms with E-state index in [1.807, 2.05) is 0 Å². The molecule has 0 heterocycles. The molecule has 2 amide bonds. The molecule has 0 aliphatic carbocycles. The van der Waals surface area contributed by atoms with Crippen LogP contribution in [-0.2, 0) is 15.8 Å². The van der Waals surface area contributed by atoms with E-state index >= 15 is 0 Å². The van der Waals surface area contributed by atoms with E-state index in [1.165, 1.54) is 6.07 Å². The Morgan fingerprint density at radius 3 is 2.30 bits per heavy atom. The molecule has 0 saturated carbocycles. The number of carbonyl (C=O) groups is 2. The van der Waals surface area contributed by atoms with Crippen LogP contribution < -0.4 is 10.6 Å². The van der Waals surface area contributed by atoms with Crippen LogP contribution in [0.3, 0.4) is 0 Å². The van der Waals surface area contributed by atoms with Crippen LogP contribution in [0, 0.1) is 5.41 Å². The molecule has 1 rings (SSSR count). The van der Waals surface area contributed by atoms with Crippen molar-refractivity contribution in [1.82, 2.24) is 5.32 Å². The highest BCUT2D eigenvalue weighted by Crippen LogP contribution is 2.36. The minimum Gasteiger partial charge on any atom is -0.355 e. The smallest absolute Gasteiger partial charge is 0.355 e. The highest BCUT2D eigenvalue weighted by molar-refractivity contribution is 6.31. The topological polar surface area (TPSA) is 58.2 Å². The summed E-state index contributed by atoms with van der Waals surface area (Å²) in [7, 11) is 0. The van der Waals surface area contributed by atoms with E-state index in [2.05, 4.69) is 10.6 Å². The summed E-state index contributed by atoms with van der Waals surface area (Å²) in [5.74, 6) is -0.717. The van der Waals surface area contributed by atoms with Gasteiger partial charge in [-0.25, -0.2) is 0 Å². The number of hydrogen-bond donors (Lipinski definition) is 2. The molecule has 23 heavy (non-hydrogen) atoms. The first-order chi connectivity index (χ1) is 10.4. The van der Waals surface area contributed by atoms with E-state index in [-0.39, 0.29) is 24.6 Å². The normalized spacial score (nSPS) is 12.0. The van der Waals surface area contributed by atoms with E-state index < -0.39 is 28.1 Å². The van der Waals surface area contributed by atoms with Crippen LogP contribution >= 0.6 is 11.6 Å². The molecule has 0 unspecified atom stereocenters. The number of carbonyl (C=O) groups excluding carboxylic acids is 2. The number of amides is 2. The van der Waals surface area contributed by atoms with E-state index in [4.69, 9.17) is 11.6 Å². The second kappa shape index (κ2) is 7.21. The van der Waals surface area contributed by atoms with Crippen molar-refractivity contribution in [3.8, 4) is 0 Å². The molecule has 0 radical (unpaired) electrons. The van der Waals surface area contributed by atoms with Crippen molar-refractivity contribution in [2.75, 3.05) is 11.9 Å². The summed E-state index contributed by atoms with van der Waals surface area (Å²) in [6, 6.07) is 3.12. The second-order valence-corrected chi connectivity index (χ2v) is 6.40. The van der Waals surface area contributed by atoms with Crippen LogP contribution in [-0.4, -0.2) is 18.4 Å². The third-order valence-electron chi connectivity index (χ3n) is 2.87. The summed E-state index contributed by atoms with van der Waals surface area (Å²) in [6.07, 6.45) is -4.65. The van der Waals surface area contributed by atoms with Gasteiger partial charge in [0.1, 0.15) is 0 Å². The van der Waals surface area contributed by atoms with Gasteiger partial charge < -0.3 is 10.6 Å². The van der Waals surface area contributed by atoms with Crippen molar-refractivity contribution >= 4 is 29.1 Å². The molecule has 0 saturated heterocycles. The van der Waals surface area contributed by atoms with E-state index in [0.717, 1.165) is 12.1 Å². The van der Waals surface area contributed by atoms with E-state index in [1.54, 1.807) is 20.8 Å². The van der Waals surface area contributed by atoms with Gasteiger partial charge in [0.25, 0.3) is 0 Å². The Hall–Kier alpha value is -1.76. The number of benzene rings is 1. The summed E-state index contributed by atoms with van der Waals surface area (Å²) in [6.45, 7) is 5.29. The molecule has 0 spiro atoms. The van der Waals surface area contributed by atoms with Gasteiger partial charge in [-0.3, -0.25) is 9.59 Å². The van der Waals surface area contributed by atoms with Crippen molar-refractivity contribution in [3.05, 3.63) is 28.8 Å². The zero-order valence-electron chi connectivity index (χ0n) is 13.0. The predicted molar refractivity (Wildman–Crippen MR) is 82.2 cm³/mol. The highest BCUT2D eigenvalue weighted by atomic mass is 35.5. The Balaban J connectivity index is 2.60. The lowest BCUT2D eigenvalue weighted by atomic mass is 9.96. The van der Waals surface area contributed by atoms with Crippen LogP contribution in [0.2, 0.25) is 5.02 Å². The zero-order chi connectivity index (χ0) is 17.8. The maximum absolute atomic E-state index is 12.7. The van der Waals surface area contributed by atoms with Crippen molar-refractivity contribution in [2.45, 2.75) is 33.4 Å². The minimum absolute atomic E-state index is 0.00567. The van der Waals surface area contributed by atoms with Crippen LogP contribution in [0.15, 0.2) is 18.2 Å². The minimum atomic E-state index is -4.60. The highest BCUT2D eigenvalue weighted by Gasteiger charge is 2.33. The first-order valence-electron chi connectivity index (χ1n) is 6.86. The van der Waals surface area contributed by atoms with Gasteiger partial charge in [-0.1, -0.05) is 32.4 Å². The van der Waals surface area contributed by atoms with Crippen LogP contribution in [0.1, 0.15) is 32.8 Å². The fourth-order valence-corrected chi connectivity index (χ4v) is 1.82. The van der Waals surface area contributed by atoms with Gasteiger partial charge in [0.2, 0.25) is 11.8 Å². The summed E-state index contributed by atoms with van der Waals surface area (Å²) in [5, 5.41) is 4.49. The molecule has 0 fully saturated rings. The molecule has 2 N–H and O–H groups in total. The summed E-state index contributed by atoms with van der Waals surface area (Å²) < 4.78 is 38.2. The maximum Gasteiger partial charge on any atom is 0.417 e. The van der Waals surface area contributed by atoms with Gasteiger partial charge in [-0.15, -0.1) is 0 Å². The van der Waals surface area contributed by atoms with Crippen LogP contribution in [0.25, 0.3) is 0 Å². The monoisotopic (exact) mass is 350 g/mol. The lowest BCUT2D eigenvalue weighted by Crippen LogP contribution is -2.36. The van der Waals surface area contributed by atoms with Crippen molar-refractivity contribution in [2.24, 2.45) is 5.41 Å². The summed E-state index contributed by atoms with van der Waals surface area (Å²) in [5.41, 5.74) is -1.60. The third-order valence-corrected chi connectivity index (χ3v) is 3.20. The maximum atomic E-state index is 12.7. The number of rotatable bonds is 4. The Labute approximate surface area is 137 Å². The quantitative estimate of drug-likeness (QED) is 0.866. The SMILES string of the molecule is CC(C)(C)C(=O)NCCC(=O)Nc1ccc(Cl)c(C(F)(F)F)c1. The van der Waals surface area contributed by atoms with Crippen molar-refractivity contribution < 1.29 is 22.8 Å². The van der Waals surface area contributed by atoms with Gasteiger partial charge in [0.15, 0.2) is 0 Å². The Morgan fingerprint density at radius 1 is 1.17 bits per heavy atom.